The van der Waals surface area contributed by atoms with E-state index in [4.69, 9.17) is 21.1 Å². The molecular formula is C23H26ClN3O7. The Morgan fingerprint density at radius 2 is 1.76 bits per heavy atom. The third-order valence-electron chi connectivity index (χ3n) is 7.33. The fraction of sp³-hybridized carbons (Fsp3) is 0.522. The van der Waals surface area contributed by atoms with Gasteiger partial charge in [0.25, 0.3) is 0 Å². The van der Waals surface area contributed by atoms with Gasteiger partial charge in [-0.1, -0.05) is 23.8 Å². The van der Waals surface area contributed by atoms with Gasteiger partial charge in [0.15, 0.2) is 6.10 Å². The number of piperazine rings is 1. The third kappa shape index (κ3) is 3.44. The number of halogens is 1. The predicted molar refractivity (Wildman–Crippen MR) is 119 cm³/mol. The van der Waals surface area contributed by atoms with Crippen LogP contribution in [0.25, 0.3) is 0 Å². The number of fused-ring (bicyclic) bond motifs is 2. The fourth-order valence-electron chi connectivity index (χ4n) is 5.58. The molecule has 3 fully saturated rings. The molecule has 34 heavy (non-hydrogen) atoms. The van der Waals surface area contributed by atoms with Crippen molar-refractivity contribution in [3.05, 3.63) is 52.4 Å². The Kier molecular flexibility index (Phi) is 5.38. The smallest absolute Gasteiger partial charge is 0.335 e. The van der Waals surface area contributed by atoms with Crippen molar-refractivity contribution in [2.75, 3.05) is 26.2 Å². The van der Waals surface area contributed by atoms with Gasteiger partial charge in [-0.2, -0.15) is 0 Å². The number of ether oxygens (including phenoxy) is 2. The summed E-state index contributed by atoms with van der Waals surface area (Å²) in [6.45, 7) is 2.17. The van der Waals surface area contributed by atoms with Crippen LogP contribution in [-0.4, -0.2) is 104 Å². The van der Waals surface area contributed by atoms with E-state index in [-0.39, 0.29) is 12.2 Å². The Balaban J connectivity index is 1.23. The molecule has 11 heteroatoms. The van der Waals surface area contributed by atoms with Gasteiger partial charge in [0.2, 0.25) is 0 Å². The molecule has 182 valence electrons. The first-order valence-electron chi connectivity index (χ1n) is 11.4. The number of benzene rings is 1. The maximum Gasteiger partial charge on any atom is 0.335 e. The van der Waals surface area contributed by atoms with Crippen molar-refractivity contribution < 1.29 is 34.7 Å². The first kappa shape index (κ1) is 22.3. The van der Waals surface area contributed by atoms with Crippen LogP contribution in [0.4, 0.5) is 0 Å². The Morgan fingerprint density at radius 3 is 2.50 bits per heavy atom. The minimum absolute atomic E-state index is 0.0764. The average Bonchev–Trinajstić information content (AvgIpc) is 3.57. The van der Waals surface area contributed by atoms with Crippen LogP contribution in [0.3, 0.4) is 0 Å². The molecule has 0 saturated carbocycles. The zero-order chi connectivity index (χ0) is 23.7. The third-order valence-corrected chi connectivity index (χ3v) is 7.57. The molecule has 6 rings (SSSR count). The lowest BCUT2D eigenvalue weighted by Gasteiger charge is -2.47. The van der Waals surface area contributed by atoms with Crippen molar-refractivity contribution in [1.82, 2.24) is 14.7 Å². The van der Waals surface area contributed by atoms with E-state index in [0.29, 0.717) is 31.2 Å². The summed E-state index contributed by atoms with van der Waals surface area (Å²) in [5, 5.41) is 40.6. The van der Waals surface area contributed by atoms with Crippen LogP contribution in [0.15, 0.2) is 41.8 Å². The molecule has 0 amide bonds. The van der Waals surface area contributed by atoms with Crippen LogP contribution in [-0.2, 0) is 9.53 Å². The number of aliphatic hydroxyl groups is 3. The van der Waals surface area contributed by atoms with E-state index in [9.17, 15) is 25.2 Å². The molecule has 4 aliphatic heterocycles. The van der Waals surface area contributed by atoms with Crippen LogP contribution in [0, 0.1) is 0 Å². The molecule has 7 atom stereocenters. The van der Waals surface area contributed by atoms with Crippen molar-refractivity contribution in [1.29, 1.82) is 0 Å². The van der Waals surface area contributed by atoms with Crippen molar-refractivity contribution >= 4 is 17.6 Å². The molecule has 0 aromatic heterocycles. The van der Waals surface area contributed by atoms with E-state index in [1.54, 1.807) is 0 Å². The quantitative estimate of drug-likeness (QED) is 0.341. The number of rotatable bonds is 3. The van der Waals surface area contributed by atoms with E-state index in [1.165, 1.54) is 5.70 Å². The van der Waals surface area contributed by atoms with E-state index in [2.05, 4.69) is 22.0 Å². The van der Waals surface area contributed by atoms with E-state index < -0.39 is 36.6 Å². The largest absolute Gasteiger partial charge is 0.479 e. The minimum atomic E-state index is -1.70. The van der Waals surface area contributed by atoms with Crippen LogP contribution in [0.5, 0.6) is 5.75 Å². The molecular weight excluding hydrogens is 466 g/mol. The van der Waals surface area contributed by atoms with Crippen molar-refractivity contribution in [2.45, 2.75) is 49.3 Å². The molecule has 1 aromatic carbocycles. The van der Waals surface area contributed by atoms with Gasteiger partial charge in [-0.3, -0.25) is 9.80 Å². The highest BCUT2D eigenvalue weighted by molar-refractivity contribution is 6.30. The number of nitrogens with zero attached hydrogens (tertiary/aromatic N) is 3. The number of hydrogen-bond acceptors (Lipinski definition) is 9. The second-order valence-electron chi connectivity index (χ2n) is 9.28. The van der Waals surface area contributed by atoms with Crippen LogP contribution < -0.4 is 4.74 Å². The monoisotopic (exact) mass is 491 g/mol. The van der Waals surface area contributed by atoms with E-state index in [1.807, 2.05) is 23.1 Å². The van der Waals surface area contributed by atoms with Gasteiger partial charge < -0.3 is 34.8 Å². The summed E-state index contributed by atoms with van der Waals surface area (Å²) in [6.07, 6.45) is -2.37. The second kappa shape index (κ2) is 8.20. The van der Waals surface area contributed by atoms with Gasteiger partial charge in [-0.05, 0) is 18.2 Å². The Hall–Kier alpha value is -2.18. The van der Waals surface area contributed by atoms with Crippen molar-refractivity contribution in [3.8, 4) is 5.75 Å². The van der Waals surface area contributed by atoms with Crippen molar-refractivity contribution in [2.24, 2.45) is 0 Å². The van der Waals surface area contributed by atoms with Gasteiger partial charge in [-0.25, -0.2) is 4.79 Å². The number of aliphatic carboxylic acids is 1. The molecule has 0 radical (unpaired) electrons. The van der Waals surface area contributed by atoms with Gasteiger partial charge in [0.05, 0.1) is 11.7 Å². The van der Waals surface area contributed by atoms with Gasteiger partial charge in [0, 0.05) is 43.2 Å². The summed E-state index contributed by atoms with van der Waals surface area (Å²) in [6, 6.07) is 5.87. The Labute approximate surface area is 200 Å². The number of carboxylic acid groups (broad SMARTS) is 1. The molecule has 2 unspecified atom stereocenters. The lowest BCUT2D eigenvalue weighted by Crippen LogP contribution is -2.66. The van der Waals surface area contributed by atoms with E-state index in [0.717, 1.165) is 23.5 Å². The van der Waals surface area contributed by atoms with Crippen LogP contribution in [0.1, 0.15) is 18.2 Å². The molecule has 4 N–H and O–H groups in total. The van der Waals surface area contributed by atoms with Gasteiger partial charge in [0.1, 0.15) is 42.2 Å². The lowest BCUT2D eigenvalue weighted by molar-refractivity contribution is -0.262. The summed E-state index contributed by atoms with van der Waals surface area (Å²) >= 11 is 6.36. The molecule has 0 spiro atoms. The number of carboxylic acids is 1. The number of allylic oxidation sites excluding steroid dienone is 1. The highest BCUT2D eigenvalue weighted by Gasteiger charge is 2.54. The molecule has 1 aromatic rings. The summed E-state index contributed by atoms with van der Waals surface area (Å²) in [4.78, 5) is 17.9. The Bertz CT molecular complexity index is 1070. The number of hydrogen-bond donors (Lipinski definition) is 4. The topological polar surface area (TPSA) is 126 Å². The molecule has 1 aliphatic carbocycles. The first-order chi connectivity index (χ1) is 16.3. The molecule has 3 saturated heterocycles. The summed E-state index contributed by atoms with van der Waals surface area (Å²) < 4.78 is 11.8. The minimum Gasteiger partial charge on any atom is -0.479 e. The summed E-state index contributed by atoms with van der Waals surface area (Å²) in [7, 11) is 0. The SMILES string of the molecule is O=C(O)[C@H]1O[C@@H](N2CCN(C3c4cc(Cl)ccc4OC4=C5C(C=CC4)N53)CC2)[C@H](O)[C@@H](O)[C@@H]1O. The predicted octanol–water partition coefficient (Wildman–Crippen LogP) is 0.0965. The average molecular weight is 492 g/mol. The van der Waals surface area contributed by atoms with Gasteiger partial charge >= 0.3 is 5.97 Å². The second-order valence-corrected chi connectivity index (χ2v) is 9.72. The standard InChI is InChI=1S/C23H26ClN3O7/c24-11-4-5-14-12(10-11)21(27-13-2-1-3-15(33-14)16(13)27)25-6-8-26(9-7-25)22-19(30)17(28)18(29)20(34-22)23(31)32/h1-2,4-5,10,13,17-22,28-30H,3,6-9H2,(H,31,32)/t13?,17-,18-,19+,20-,21?,22+,27?/m0/s1. The normalized spacial score (nSPS) is 37.5. The number of carbonyl (C=O) groups is 1. The lowest BCUT2D eigenvalue weighted by atomic mass is 9.97. The highest BCUT2D eigenvalue weighted by atomic mass is 35.5. The zero-order valence-corrected chi connectivity index (χ0v) is 19.0. The molecule has 4 heterocycles. The Morgan fingerprint density at radius 1 is 1.03 bits per heavy atom. The maximum atomic E-state index is 11.5. The molecule has 10 nitrogen and oxygen atoms in total. The first-order valence-corrected chi connectivity index (χ1v) is 11.8. The number of aliphatic hydroxyl groups excluding tert-OH is 3. The fourth-order valence-corrected chi connectivity index (χ4v) is 5.76. The van der Waals surface area contributed by atoms with Crippen molar-refractivity contribution in [3.63, 3.8) is 0 Å². The zero-order valence-electron chi connectivity index (χ0n) is 18.2. The summed E-state index contributed by atoms with van der Waals surface area (Å²) in [5.74, 6) is 0.367. The van der Waals surface area contributed by atoms with Crippen LogP contribution in [0.2, 0.25) is 5.02 Å². The van der Waals surface area contributed by atoms with E-state index >= 15 is 0 Å². The molecule has 0 bridgehead atoms. The van der Waals surface area contributed by atoms with Crippen LogP contribution >= 0.6 is 11.6 Å². The molecule has 5 aliphatic rings. The maximum absolute atomic E-state index is 11.5. The van der Waals surface area contributed by atoms with Gasteiger partial charge in [-0.15, -0.1) is 0 Å². The summed E-state index contributed by atoms with van der Waals surface area (Å²) in [5.41, 5.74) is 2.18. The highest BCUT2D eigenvalue weighted by Crippen LogP contribution is 2.53.